The molecule has 3 rings (SSSR count). The molecule has 24 heavy (non-hydrogen) atoms. The molecule has 0 bridgehead atoms. The highest BCUT2D eigenvalue weighted by atomic mass is 35.5. The van der Waals surface area contributed by atoms with Crippen molar-refractivity contribution in [2.45, 2.75) is 12.8 Å². The van der Waals surface area contributed by atoms with Gasteiger partial charge in [0.15, 0.2) is 5.78 Å². The second-order valence-corrected chi connectivity index (χ2v) is 6.83. The van der Waals surface area contributed by atoms with Crippen LogP contribution in [-0.4, -0.2) is 29.7 Å². The first kappa shape index (κ1) is 17.0. The maximum absolute atomic E-state index is 12.6. The van der Waals surface area contributed by atoms with Gasteiger partial charge in [0.2, 0.25) is 0 Å². The number of likely N-dealkylation sites (tertiary alicyclic amines) is 1. The number of piperidine rings is 1. The number of rotatable bonds is 3. The van der Waals surface area contributed by atoms with E-state index < -0.39 is 0 Å². The van der Waals surface area contributed by atoms with Gasteiger partial charge in [0.05, 0.1) is 0 Å². The number of ketones is 1. The minimum Gasteiger partial charge on any atom is -0.339 e. The summed E-state index contributed by atoms with van der Waals surface area (Å²) in [5.41, 5.74) is 1.23. The molecule has 3 nitrogen and oxygen atoms in total. The molecule has 1 aliphatic rings. The summed E-state index contributed by atoms with van der Waals surface area (Å²) in [5.74, 6) is 0.0397. The zero-order valence-corrected chi connectivity index (χ0v) is 14.6. The summed E-state index contributed by atoms with van der Waals surface area (Å²) in [7, 11) is 0. The zero-order valence-electron chi connectivity index (χ0n) is 13.0. The molecule has 1 aliphatic heterocycles. The number of amides is 1. The third-order valence-electron chi connectivity index (χ3n) is 4.32. The van der Waals surface area contributed by atoms with Crippen molar-refractivity contribution in [1.29, 1.82) is 0 Å². The number of carbonyl (C=O) groups excluding carboxylic acids is 2. The molecular formula is C19H17Cl2NO2. The van der Waals surface area contributed by atoms with Gasteiger partial charge in [0.1, 0.15) is 0 Å². The molecule has 1 heterocycles. The van der Waals surface area contributed by atoms with Crippen LogP contribution in [0.5, 0.6) is 0 Å². The van der Waals surface area contributed by atoms with Gasteiger partial charge in [-0.05, 0) is 31.0 Å². The van der Waals surface area contributed by atoms with Crippen molar-refractivity contribution in [3.8, 4) is 0 Å². The van der Waals surface area contributed by atoms with Gasteiger partial charge in [-0.3, -0.25) is 9.59 Å². The van der Waals surface area contributed by atoms with Crippen molar-refractivity contribution >= 4 is 34.9 Å². The fourth-order valence-electron chi connectivity index (χ4n) is 3.04. The molecular weight excluding hydrogens is 345 g/mol. The Morgan fingerprint density at radius 2 is 1.46 bits per heavy atom. The molecule has 0 N–H and O–H groups in total. The molecule has 124 valence electrons. The summed E-state index contributed by atoms with van der Waals surface area (Å²) in [6, 6.07) is 14.2. The van der Waals surface area contributed by atoms with Crippen molar-refractivity contribution < 1.29 is 9.59 Å². The third kappa shape index (κ3) is 3.80. The predicted molar refractivity (Wildman–Crippen MR) is 95.9 cm³/mol. The van der Waals surface area contributed by atoms with E-state index in [0.29, 0.717) is 41.5 Å². The maximum Gasteiger partial charge on any atom is 0.253 e. The lowest BCUT2D eigenvalue weighted by atomic mass is 9.88. The second-order valence-electron chi connectivity index (χ2n) is 5.95. The quantitative estimate of drug-likeness (QED) is 0.741. The van der Waals surface area contributed by atoms with Crippen LogP contribution in [-0.2, 0) is 0 Å². The third-order valence-corrected chi connectivity index (χ3v) is 4.76. The standard InChI is InChI=1S/C19H17Cl2NO2/c20-16-10-15(11-17(21)12-16)19(24)22-8-6-14(7-9-22)18(23)13-4-2-1-3-5-13/h1-5,10-12,14H,6-9H2. The van der Waals surface area contributed by atoms with Crippen LogP contribution in [0.4, 0.5) is 0 Å². The van der Waals surface area contributed by atoms with Crippen LogP contribution in [0.15, 0.2) is 48.5 Å². The maximum atomic E-state index is 12.6. The normalized spacial score (nSPS) is 15.3. The highest BCUT2D eigenvalue weighted by Crippen LogP contribution is 2.25. The summed E-state index contributed by atoms with van der Waals surface area (Å²) in [6.45, 7) is 1.12. The van der Waals surface area contributed by atoms with E-state index in [9.17, 15) is 9.59 Å². The van der Waals surface area contributed by atoms with E-state index in [2.05, 4.69) is 0 Å². The van der Waals surface area contributed by atoms with Crippen molar-refractivity contribution in [3.05, 3.63) is 69.7 Å². The topological polar surface area (TPSA) is 37.4 Å². The van der Waals surface area contributed by atoms with Gasteiger partial charge in [-0.2, -0.15) is 0 Å². The number of benzene rings is 2. The largest absolute Gasteiger partial charge is 0.339 e. The molecule has 1 amide bonds. The van der Waals surface area contributed by atoms with Gasteiger partial charge in [0.25, 0.3) is 5.91 Å². The molecule has 0 atom stereocenters. The molecule has 1 saturated heterocycles. The van der Waals surface area contributed by atoms with Crippen LogP contribution in [0.3, 0.4) is 0 Å². The minimum absolute atomic E-state index is 0.0283. The van der Waals surface area contributed by atoms with E-state index in [4.69, 9.17) is 23.2 Å². The Kier molecular flexibility index (Phi) is 5.22. The average molecular weight is 362 g/mol. The van der Waals surface area contributed by atoms with Crippen LogP contribution in [0, 0.1) is 5.92 Å². The number of hydrogen-bond donors (Lipinski definition) is 0. The molecule has 2 aromatic carbocycles. The molecule has 0 aliphatic carbocycles. The van der Waals surface area contributed by atoms with Gasteiger partial charge < -0.3 is 4.90 Å². The summed E-state index contributed by atoms with van der Waals surface area (Å²) < 4.78 is 0. The van der Waals surface area contributed by atoms with Gasteiger partial charge in [0, 0.05) is 40.2 Å². The van der Waals surface area contributed by atoms with Gasteiger partial charge in [-0.1, -0.05) is 53.5 Å². The highest BCUT2D eigenvalue weighted by molar-refractivity contribution is 6.35. The Labute approximate surface area is 151 Å². The molecule has 5 heteroatoms. The Morgan fingerprint density at radius 3 is 2.04 bits per heavy atom. The number of Topliss-reactive ketones (excluding diaryl/α,β-unsaturated/α-hetero) is 1. The first-order valence-electron chi connectivity index (χ1n) is 7.89. The number of carbonyl (C=O) groups is 2. The SMILES string of the molecule is O=C(c1ccccc1)C1CCN(C(=O)c2cc(Cl)cc(Cl)c2)CC1. The molecule has 1 fully saturated rings. The zero-order chi connectivity index (χ0) is 17.1. The van der Waals surface area contributed by atoms with Crippen LogP contribution >= 0.6 is 23.2 Å². The van der Waals surface area contributed by atoms with Gasteiger partial charge >= 0.3 is 0 Å². The molecule has 0 spiro atoms. The fraction of sp³-hybridized carbons (Fsp3) is 0.263. The first-order valence-corrected chi connectivity index (χ1v) is 8.65. The number of nitrogens with zero attached hydrogens (tertiary/aromatic N) is 1. The van der Waals surface area contributed by atoms with E-state index >= 15 is 0 Å². The lowest BCUT2D eigenvalue weighted by Crippen LogP contribution is -2.40. The molecule has 2 aromatic rings. The van der Waals surface area contributed by atoms with Crippen molar-refractivity contribution in [2.24, 2.45) is 5.92 Å². The lowest BCUT2D eigenvalue weighted by molar-refractivity contribution is 0.0650. The summed E-state index contributed by atoms with van der Waals surface area (Å²) >= 11 is 11.9. The summed E-state index contributed by atoms with van der Waals surface area (Å²) in [4.78, 5) is 26.8. The van der Waals surface area contributed by atoms with E-state index in [1.54, 1.807) is 23.1 Å². The van der Waals surface area contributed by atoms with E-state index in [1.165, 1.54) is 0 Å². The smallest absolute Gasteiger partial charge is 0.253 e. The van der Waals surface area contributed by atoms with Gasteiger partial charge in [-0.15, -0.1) is 0 Å². The Balaban J connectivity index is 1.64. The highest BCUT2D eigenvalue weighted by Gasteiger charge is 2.28. The molecule has 0 radical (unpaired) electrons. The first-order chi connectivity index (χ1) is 11.5. The van der Waals surface area contributed by atoms with Gasteiger partial charge in [-0.25, -0.2) is 0 Å². The monoisotopic (exact) mass is 361 g/mol. The molecule has 0 saturated carbocycles. The van der Waals surface area contributed by atoms with Crippen molar-refractivity contribution in [1.82, 2.24) is 4.90 Å². The number of hydrogen-bond acceptors (Lipinski definition) is 2. The van der Waals surface area contributed by atoms with Crippen LogP contribution in [0.1, 0.15) is 33.6 Å². The van der Waals surface area contributed by atoms with E-state index in [1.807, 2.05) is 30.3 Å². The number of halogens is 2. The van der Waals surface area contributed by atoms with Crippen LogP contribution in [0.25, 0.3) is 0 Å². The summed E-state index contributed by atoms with van der Waals surface area (Å²) in [6.07, 6.45) is 1.35. The second kappa shape index (κ2) is 7.37. The fourth-order valence-corrected chi connectivity index (χ4v) is 3.57. The molecule has 0 unspecified atom stereocenters. The Morgan fingerprint density at radius 1 is 0.875 bits per heavy atom. The van der Waals surface area contributed by atoms with E-state index in [0.717, 1.165) is 5.56 Å². The summed E-state index contributed by atoms with van der Waals surface area (Å²) in [5, 5.41) is 0.889. The van der Waals surface area contributed by atoms with Crippen molar-refractivity contribution in [2.75, 3.05) is 13.1 Å². The van der Waals surface area contributed by atoms with Crippen LogP contribution < -0.4 is 0 Å². The Bertz CT molecular complexity index is 733. The van der Waals surface area contributed by atoms with Crippen molar-refractivity contribution in [3.63, 3.8) is 0 Å². The Hall–Kier alpha value is -1.84. The predicted octanol–water partition coefficient (Wildman–Crippen LogP) is 4.73. The van der Waals surface area contributed by atoms with Crippen LogP contribution in [0.2, 0.25) is 10.0 Å². The average Bonchev–Trinajstić information content (AvgIpc) is 2.60. The lowest BCUT2D eigenvalue weighted by Gasteiger charge is -2.31. The van der Waals surface area contributed by atoms with E-state index in [-0.39, 0.29) is 17.6 Å². The molecule has 0 aromatic heterocycles. The minimum atomic E-state index is -0.0926.